The van der Waals surface area contributed by atoms with Crippen LogP contribution >= 0.6 is 12.2 Å². The average Bonchev–Trinajstić information content (AvgIpc) is 1.98. The molecule has 0 aromatic carbocycles. The van der Waals surface area contributed by atoms with Gasteiger partial charge in [-0.2, -0.15) is 0 Å². The highest BCUT2D eigenvalue weighted by atomic mass is 32.1. The van der Waals surface area contributed by atoms with Crippen molar-refractivity contribution in [2.75, 3.05) is 0 Å². The first-order valence-corrected chi connectivity index (χ1v) is 3.17. The fourth-order valence-electron chi connectivity index (χ4n) is 0.646. The Hall–Kier alpha value is -0.570. The first-order chi connectivity index (χ1) is 4.13. The number of aromatic nitrogens is 1. The fourth-order valence-corrected chi connectivity index (χ4v) is 0.908. The molecular weight excluding hydrogens is 134 g/mol. The van der Waals surface area contributed by atoms with E-state index in [1.54, 1.807) is 0 Å². The quantitative estimate of drug-likeness (QED) is 0.517. The molecule has 0 bridgehead atoms. The molecule has 50 valence electrons. The molecule has 0 saturated heterocycles. The van der Waals surface area contributed by atoms with Crippen LogP contribution in [0.1, 0.15) is 11.5 Å². The Morgan fingerprint density at radius 1 is 1.44 bits per heavy atom. The third kappa shape index (κ3) is 0.920. The molecule has 0 N–H and O–H groups in total. The first-order valence-electron chi connectivity index (χ1n) is 2.76. The summed E-state index contributed by atoms with van der Waals surface area (Å²) < 4.78 is 6.97. The van der Waals surface area contributed by atoms with Crippen molar-refractivity contribution in [3.05, 3.63) is 16.3 Å². The van der Waals surface area contributed by atoms with Crippen LogP contribution in [0.5, 0.6) is 0 Å². The largest absolute Gasteiger partial charge is 0.435 e. The van der Waals surface area contributed by atoms with Gasteiger partial charge in [0, 0.05) is 7.05 Å². The SMILES string of the molecule is Cc1oc(=S)n(C)c1C. The lowest BCUT2D eigenvalue weighted by Gasteiger charge is -1.89. The molecular formula is C6H9NOS. The maximum atomic E-state index is 5.12. The van der Waals surface area contributed by atoms with Gasteiger partial charge in [-0.1, -0.05) is 0 Å². The highest BCUT2D eigenvalue weighted by molar-refractivity contribution is 7.71. The Morgan fingerprint density at radius 2 is 2.00 bits per heavy atom. The molecule has 0 aliphatic heterocycles. The van der Waals surface area contributed by atoms with Crippen LogP contribution in [0.25, 0.3) is 0 Å². The van der Waals surface area contributed by atoms with E-state index in [0.29, 0.717) is 4.84 Å². The lowest BCUT2D eigenvalue weighted by Crippen LogP contribution is -1.89. The molecule has 1 rings (SSSR count). The summed E-state index contributed by atoms with van der Waals surface area (Å²) in [4.78, 5) is 0.546. The van der Waals surface area contributed by atoms with Crippen LogP contribution in [0, 0.1) is 18.7 Å². The zero-order chi connectivity index (χ0) is 7.02. The van der Waals surface area contributed by atoms with E-state index in [1.165, 1.54) is 0 Å². The standard InChI is InChI=1S/C6H9NOS/c1-4-5(2)8-6(9)7(4)3/h1-3H3. The molecule has 1 aromatic rings. The van der Waals surface area contributed by atoms with E-state index in [1.807, 2.05) is 25.5 Å². The maximum Gasteiger partial charge on any atom is 0.268 e. The predicted molar refractivity (Wildman–Crippen MR) is 38.0 cm³/mol. The number of rotatable bonds is 0. The van der Waals surface area contributed by atoms with E-state index in [9.17, 15) is 0 Å². The summed E-state index contributed by atoms with van der Waals surface area (Å²) >= 11 is 4.86. The summed E-state index contributed by atoms with van der Waals surface area (Å²) in [7, 11) is 1.90. The van der Waals surface area contributed by atoms with Crippen LogP contribution in [0.15, 0.2) is 4.42 Å². The zero-order valence-electron chi connectivity index (χ0n) is 5.76. The molecule has 0 aliphatic carbocycles. The molecule has 0 unspecified atom stereocenters. The van der Waals surface area contributed by atoms with Gasteiger partial charge in [-0.15, -0.1) is 0 Å². The lowest BCUT2D eigenvalue weighted by atomic mass is 10.4. The topological polar surface area (TPSA) is 18.1 Å². The van der Waals surface area contributed by atoms with Crippen LogP contribution in [0.2, 0.25) is 0 Å². The van der Waals surface area contributed by atoms with Crippen LogP contribution in [-0.4, -0.2) is 4.57 Å². The van der Waals surface area contributed by atoms with E-state index in [2.05, 4.69) is 0 Å². The highest BCUT2D eigenvalue weighted by Gasteiger charge is 1.99. The molecule has 0 saturated carbocycles. The smallest absolute Gasteiger partial charge is 0.268 e. The average molecular weight is 143 g/mol. The van der Waals surface area contributed by atoms with Gasteiger partial charge in [0.25, 0.3) is 4.84 Å². The van der Waals surface area contributed by atoms with Crippen molar-refractivity contribution in [2.24, 2.45) is 7.05 Å². The van der Waals surface area contributed by atoms with E-state index in [4.69, 9.17) is 16.6 Å². The van der Waals surface area contributed by atoms with Crippen LogP contribution < -0.4 is 0 Å². The summed E-state index contributed by atoms with van der Waals surface area (Å²) in [6.07, 6.45) is 0. The summed E-state index contributed by atoms with van der Waals surface area (Å²) in [6, 6.07) is 0. The number of aryl methyl sites for hydroxylation is 1. The molecule has 0 atom stereocenters. The normalized spacial score (nSPS) is 10.1. The van der Waals surface area contributed by atoms with Gasteiger partial charge in [0.05, 0.1) is 5.69 Å². The Kier molecular flexibility index (Phi) is 1.45. The van der Waals surface area contributed by atoms with Gasteiger partial charge in [0.1, 0.15) is 5.76 Å². The third-order valence-electron chi connectivity index (χ3n) is 1.53. The Labute approximate surface area is 59.1 Å². The van der Waals surface area contributed by atoms with Gasteiger partial charge in [-0.05, 0) is 26.1 Å². The van der Waals surface area contributed by atoms with Crippen molar-refractivity contribution in [3.8, 4) is 0 Å². The summed E-state index contributed by atoms with van der Waals surface area (Å²) in [6.45, 7) is 3.89. The Morgan fingerprint density at radius 3 is 2.11 bits per heavy atom. The van der Waals surface area contributed by atoms with Crippen molar-refractivity contribution in [1.82, 2.24) is 4.57 Å². The van der Waals surface area contributed by atoms with E-state index < -0.39 is 0 Å². The van der Waals surface area contributed by atoms with Crippen molar-refractivity contribution >= 4 is 12.2 Å². The minimum absolute atomic E-state index is 0.546. The fraction of sp³-hybridized carbons (Fsp3) is 0.500. The van der Waals surface area contributed by atoms with Gasteiger partial charge in [-0.25, -0.2) is 0 Å². The third-order valence-corrected chi connectivity index (χ3v) is 1.88. The second-order valence-corrected chi connectivity index (χ2v) is 2.42. The maximum absolute atomic E-state index is 5.12. The van der Waals surface area contributed by atoms with E-state index in [-0.39, 0.29) is 0 Å². The second kappa shape index (κ2) is 1.99. The molecule has 9 heavy (non-hydrogen) atoms. The number of hydrogen-bond donors (Lipinski definition) is 0. The summed E-state index contributed by atoms with van der Waals surface area (Å²) in [5.41, 5.74) is 1.10. The van der Waals surface area contributed by atoms with E-state index >= 15 is 0 Å². The summed E-state index contributed by atoms with van der Waals surface area (Å²) in [5.74, 6) is 0.905. The zero-order valence-corrected chi connectivity index (χ0v) is 6.58. The molecule has 0 radical (unpaired) electrons. The van der Waals surface area contributed by atoms with Crippen molar-refractivity contribution in [3.63, 3.8) is 0 Å². The molecule has 3 heteroatoms. The number of nitrogens with zero attached hydrogens (tertiary/aromatic N) is 1. The molecule has 1 heterocycles. The predicted octanol–water partition coefficient (Wildman–Crippen LogP) is 1.96. The van der Waals surface area contributed by atoms with Crippen LogP contribution in [-0.2, 0) is 7.05 Å². The molecule has 1 aromatic heterocycles. The van der Waals surface area contributed by atoms with E-state index in [0.717, 1.165) is 11.5 Å². The molecule has 2 nitrogen and oxygen atoms in total. The van der Waals surface area contributed by atoms with Gasteiger partial charge in [0.15, 0.2) is 0 Å². The summed E-state index contributed by atoms with van der Waals surface area (Å²) in [5, 5.41) is 0. The Bertz CT molecular complexity index is 271. The van der Waals surface area contributed by atoms with Crippen LogP contribution in [0.3, 0.4) is 0 Å². The van der Waals surface area contributed by atoms with Crippen molar-refractivity contribution < 1.29 is 4.42 Å². The van der Waals surface area contributed by atoms with Crippen molar-refractivity contribution in [2.45, 2.75) is 13.8 Å². The van der Waals surface area contributed by atoms with Gasteiger partial charge in [-0.3, -0.25) is 0 Å². The van der Waals surface area contributed by atoms with Crippen molar-refractivity contribution in [1.29, 1.82) is 0 Å². The molecule has 0 aliphatic rings. The number of oxazole rings is 1. The lowest BCUT2D eigenvalue weighted by molar-refractivity contribution is 0.497. The highest BCUT2D eigenvalue weighted by Crippen LogP contribution is 2.07. The molecule has 0 amide bonds. The monoisotopic (exact) mass is 143 g/mol. The van der Waals surface area contributed by atoms with Gasteiger partial charge in [0.2, 0.25) is 0 Å². The van der Waals surface area contributed by atoms with Crippen LogP contribution in [0.4, 0.5) is 0 Å². The number of hydrogen-bond acceptors (Lipinski definition) is 2. The minimum atomic E-state index is 0.546. The minimum Gasteiger partial charge on any atom is -0.435 e. The first kappa shape index (κ1) is 6.55. The molecule has 0 spiro atoms. The van der Waals surface area contributed by atoms with Gasteiger partial charge < -0.3 is 8.98 Å². The molecule has 0 fully saturated rings. The second-order valence-electron chi connectivity index (χ2n) is 2.07. The Balaban J connectivity index is 3.47. The van der Waals surface area contributed by atoms with Gasteiger partial charge >= 0.3 is 0 Å².